The highest BCUT2D eigenvalue weighted by atomic mass is 35.5. The molecule has 0 unspecified atom stereocenters. The predicted molar refractivity (Wildman–Crippen MR) is 101 cm³/mol. The van der Waals surface area contributed by atoms with E-state index in [4.69, 9.17) is 21.1 Å². The minimum atomic E-state index is -0.299. The molecule has 2 rings (SSSR count). The van der Waals surface area contributed by atoms with Crippen molar-refractivity contribution in [1.29, 1.82) is 0 Å². The van der Waals surface area contributed by atoms with Gasteiger partial charge in [-0.25, -0.2) is 0 Å². The van der Waals surface area contributed by atoms with E-state index in [-0.39, 0.29) is 25.0 Å². The summed E-state index contributed by atoms with van der Waals surface area (Å²) in [5.74, 6) is 0.898. The molecule has 26 heavy (non-hydrogen) atoms. The van der Waals surface area contributed by atoms with Crippen LogP contribution in [0.25, 0.3) is 0 Å². The van der Waals surface area contributed by atoms with Gasteiger partial charge in [-0.1, -0.05) is 17.7 Å². The molecule has 0 aliphatic rings. The van der Waals surface area contributed by atoms with Gasteiger partial charge >= 0.3 is 0 Å². The van der Waals surface area contributed by atoms with Gasteiger partial charge in [-0.15, -0.1) is 0 Å². The standard InChI is InChI=1S/C19H21ClN2O4/c1-14(23)22(10-11-26-18-8-6-17(25-2)7-9-18)13-19(24)21-16-5-3-4-15(20)12-16/h3-9,12H,10-11,13H2,1-2H3,(H,21,24). The van der Waals surface area contributed by atoms with Crippen molar-refractivity contribution in [3.63, 3.8) is 0 Å². The topological polar surface area (TPSA) is 67.9 Å². The Kier molecular flexibility index (Phi) is 7.29. The van der Waals surface area contributed by atoms with Crippen molar-refractivity contribution >= 4 is 29.1 Å². The van der Waals surface area contributed by atoms with Gasteiger partial charge in [0.05, 0.1) is 20.2 Å². The van der Waals surface area contributed by atoms with Crippen LogP contribution in [0.1, 0.15) is 6.92 Å². The molecule has 0 spiro atoms. The summed E-state index contributed by atoms with van der Waals surface area (Å²) in [5, 5.41) is 3.24. The van der Waals surface area contributed by atoms with Crippen LogP contribution >= 0.6 is 11.6 Å². The molecule has 0 bridgehead atoms. The van der Waals surface area contributed by atoms with E-state index in [1.54, 1.807) is 55.6 Å². The van der Waals surface area contributed by atoms with Gasteiger partial charge < -0.3 is 19.7 Å². The van der Waals surface area contributed by atoms with Crippen LogP contribution in [-0.4, -0.2) is 43.5 Å². The monoisotopic (exact) mass is 376 g/mol. The summed E-state index contributed by atoms with van der Waals surface area (Å²) >= 11 is 5.89. The van der Waals surface area contributed by atoms with E-state index < -0.39 is 0 Å². The molecule has 7 heteroatoms. The number of hydrogen-bond donors (Lipinski definition) is 1. The molecule has 0 saturated carbocycles. The normalized spacial score (nSPS) is 10.1. The van der Waals surface area contributed by atoms with Crippen molar-refractivity contribution in [2.24, 2.45) is 0 Å². The van der Waals surface area contributed by atoms with E-state index in [9.17, 15) is 9.59 Å². The predicted octanol–water partition coefficient (Wildman–Crippen LogP) is 3.21. The Balaban J connectivity index is 1.83. The first-order valence-electron chi connectivity index (χ1n) is 8.05. The van der Waals surface area contributed by atoms with E-state index in [1.165, 1.54) is 11.8 Å². The Morgan fingerprint density at radius 2 is 1.81 bits per heavy atom. The number of hydrogen-bond acceptors (Lipinski definition) is 4. The van der Waals surface area contributed by atoms with Crippen LogP contribution in [0.15, 0.2) is 48.5 Å². The number of anilines is 1. The number of carbonyl (C=O) groups is 2. The van der Waals surface area contributed by atoms with Gasteiger partial charge in [0.2, 0.25) is 11.8 Å². The van der Waals surface area contributed by atoms with Crippen LogP contribution in [-0.2, 0) is 9.59 Å². The number of carbonyl (C=O) groups excluding carboxylic acids is 2. The van der Waals surface area contributed by atoms with Gasteiger partial charge in [-0.2, -0.15) is 0 Å². The second-order valence-corrected chi connectivity index (χ2v) is 5.96. The molecular weight excluding hydrogens is 356 g/mol. The second kappa shape index (κ2) is 9.68. The lowest BCUT2D eigenvalue weighted by atomic mass is 10.3. The number of nitrogens with zero attached hydrogens (tertiary/aromatic N) is 1. The molecule has 0 heterocycles. The summed E-state index contributed by atoms with van der Waals surface area (Å²) in [4.78, 5) is 25.3. The lowest BCUT2D eigenvalue weighted by molar-refractivity contribution is -0.133. The molecule has 0 aromatic heterocycles. The van der Waals surface area contributed by atoms with Crippen molar-refractivity contribution in [2.75, 3.05) is 32.1 Å². The zero-order chi connectivity index (χ0) is 18.9. The quantitative estimate of drug-likeness (QED) is 0.768. The largest absolute Gasteiger partial charge is 0.497 e. The molecule has 0 aliphatic heterocycles. The molecule has 1 N–H and O–H groups in total. The fourth-order valence-electron chi connectivity index (χ4n) is 2.23. The van der Waals surface area contributed by atoms with Gasteiger partial charge in [-0.3, -0.25) is 9.59 Å². The molecule has 6 nitrogen and oxygen atoms in total. The molecule has 0 aliphatic carbocycles. The Labute approximate surface area is 157 Å². The van der Waals surface area contributed by atoms with E-state index >= 15 is 0 Å². The third-order valence-corrected chi connectivity index (χ3v) is 3.81. The molecule has 0 atom stereocenters. The number of benzene rings is 2. The minimum absolute atomic E-state index is 0.0617. The maximum atomic E-state index is 12.1. The Morgan fingerprint density at radius 1 is 1.12 bits per heavy atom. The van der Waals surface area contributed by atoms with Crippen LogP contribution < -0.4 is 14.8 Å². The molecule has 0 saturated heterocycles. The van der Waals surface area contributed by atoms with Crippen molar-refractivity contribution < 1.29 is 19.1 Å². The number of halogens is 1. The first kappa shape index (κ1) is 19.6. The van der Waals surface area contributed by atoms with E-state index in [1.807, 2.05) is 0 Å². The number of methoxy groups -OCH3 is 1. The minimum Gasteiger partial charge on any atom is -0.497 e. The number of nitrogens with one attached hydrogen (secondary N) is 1. The summed E-state index contributed by atoms with van der Waals surface area (Å²) in [5.41, 5.74) is 0.584. The molecule has 0 radical (unpaired) electrons. The van der Waals surface area contributed by atoms with E-state index in [2.05, 4.69) is 5.32 Å². The molecular formula is C19H21ClN2O4. The zero-order valence-electron chi connectivity index (χ0n) is 14.7. The maximum Gasteiger partial charge on any atom is 0.243 e. The van der Waals surface area contributed by atoms with Gasteiger partial charge in [0, 0.05) is 17.6 Å². The van der Waals surface area contributed by atoms with E-state index in [0.29, 0.717) is 23.0 Å². The van der Waals surface area contributed by atoms with Crippen molar-refractivity contribution in [3.8, 4) is 11.5 Å². The van der Waals surface area contributed by atoms with Gasteiger partial charge in [0.25, 0.3) is 0 Å². The third-order valence-electron chi connectivity index (χ3n) is 3.58. The van der Waals surface area contributed by atoms with Crippen LogP contribution in [0.5, 0.6) is 11.5 Å². The fourth-order valence-corrected chi connectivity index (χ4v) is 2.42. The fraction of sp³-hybridized carbons (Fsp3) is 0.263. The van der Waals surface area contributed by atoms with Crippen molar-refractivity contribution in [1.82, 2.24) is 4.90 Å². The molecule has 2 amide bonds. The molecule has 138 valence electrons. The zero-order valence-corrected chi connectivity index (χ0v) is 15.5. The van der Waals surface area contributed by atoms with Gasteiger partial charge in [0.15, 0.2) is 0 Å². The van der Waals surface area contributed by atoms with Crippen LogP contribution in [0.2, 0.25) is 5.02 Å². The number of amides is 2. The summed E-state index contributed by atoms with van der Waals surface area (Å²) in [6.45, 7) is 1.93. The van der Waals surface area contributed by atoms with E-state index in [0.717, 1.165) is 5.75 Å². The van der Waals surface area contributed by atoms with Crippen molar-refractivity contribution in [2.45, 2.75) is 6.92 Å². The highest BCUT2D eigenvalue weighted by Gasteiger charge is 2.14. The highest BCUT2D eigenvalue weighted by molar-refractivity contribution is 6.30. The van der Waals surface area contributed by atoms with Crippen LogP contribution in [0.3, 0.4) is 0 Å². The van der Waals surface area contributed by atoms with Gasteiger partial charge in [-0.05, 0) is 42.5 Å². The maximum absolute atomic E-state index is 12.1. The van der Waals surface area contributed by atoms with Crippen LogP contribution in [0.4, 0.5) is 5.69 Å². The number of rotatable bonds is 8. The Bertz CT molecular complexity index is 749. The Hall–Kier alpha value is -2.73. The lowest BCUT2D eigenvalue weighted by Crippen LogP contribution is -2.39. The summed E-state index contributed by atoms with van der Waals surface area (Å²) in [6.07, 6.45) is 0. The lowest BCUT2D eigenvalue weighted by Gasteiger charge is -2.20. The average molecular weight is 377 g/mol. The van der Waals surface area contributed by atoms with Gasteiger partial charge in [0.1, 0.15) is 18.1 Å². The average Bonchev–Trinajstić information content (AvgIpc) is 2.61. The first-order chi connectivity index (χ1) is 12.5. The van der Waals surface area contributed by atoms with Crippen molar-refractivity contribution in [3.05, 3.63) is 53.6 Å². The SMILES string of the molecule is COc1ccc(OCCN(CC(=O)Nc2cccc(Cl)c2)C(C)=O)cc1. The summed E-state index contributed by atoms with van der Waals surface area (Å²) in [6, 6.07) is 14.0. The second-order valence-electron chi connectivity index (χ2n) is 5.52. The summed E-state index contributed by atoms with van der Waals surface area (Å²) < 4.78 is 10.7. The third kappa shape index (κ3) is 6.29. The number of ether oxygens (including phenoxy) is 2. The highest BCUT2D eigenvalue weighted by Crippen LogP contribution is 2.17. The summed E-state index contributed by atoms with van der Waals surface area (Å²) in [7, 11) is 1.59. The molecule has 0 fully saturated rings. The molecule has 2 aromatic carbocycles. The smallest absolute Gasteiger partial charge is 0.243 e. The van der Waals surface area contributed by atoms with Crippen LogP contribution in [0, 0.1) is 0 Å². The first-order valence-corrected chi connectivity index (χ1v) is 8.43. The Morgan fingerprint density at radius 3 is 2.42 bits per heavy atom. The molecule has 2 aromatic rings.